The maximum atomic E-state index is 13.4. The molecule has 200 valence electrons. The van der Waals surface area contributed by atoms with Crippen molar-refractivity contribution in [2.45, 2.75) is 18.0 Å². The number of hydrazone groups is 1. The smallest absolute Gasteiger partial charge is 0.255 e. The SMILES string of the molecule is O=C(CN(Cc1ccc(Cl)cc1)S(=O)(=O)c1ccc(Br)cc1)N/N=C\c1ccccc1OCc1ccccc1. The molecule has 1 N–H and O–H groups in total. The molecule has 0 fully saturated rings. The summed E-state index contributed by atoms with van der Waals surface area (Å²) in [5, 5.41) is 4.57. The lowest BCUT2D eigenvalue weighted by Crippen LogP contribution is -2.39. The Bertz CT molecular complexity index is 1530. The number of nitrogens with one attached hydrogen (secondary N) is 1. The Balaban J connectivity index is 1.46. The number of rotatable bonds is 11. The summed E-state index contributed by atoms with van der Waals surface area (Å²) < 4.78 is 34.6. The zero-order chi connectivity index (χ0) is 27.7. The minimum Gasteiger partial charge on any atom is -0.488 e. The Hall–Kier alpha value is -3.50. The highest BCUT2D eigenvalue weighted by molar-refractivity contribution is 9.10. The summed E-state index contributed by atoms with van der Waals surface area (Å²) in [4.78, 5) is 12.9. The molecule has 0 bridgehead atoms. The number of sulfonamides is 1. The van der Waals surface area contributed by atoms with Crippen LogP contribution < -0.4 is 10.2 Å². The molecular formula is C29H25BrClN3O4S. The molecule has 4 aromatic rings. The fraction of sp³-hybridized carbons (Fsp3) is 0.103. The fourth-order valence-electron chi connectivity index (χ4n) is 3.60. The lowest BCUT2D eigenvalue weighted by Gasteiger charge is -2.21. The largest absolute Gasteiger partial charge is 0.488 e. The monoisotopic (exact) mass is 625 g/mol. The van der Waals surface area contributed by atoms with Crippen LogP contribution in [-0.4, -0.2) is 31.4 Å². The van der Waals surface area contributed by atoms with Gasteiger partial charge in [-0.15, -0.1) is 0 Å². The Kier molecular flexibility index (Phi) is 9.89. The van der Waals surface area contributed by atoms with E-state index in [0.717, 1.165) is 14.3 Å². The van der Waals surface area contributed by atoms with Gasteiger partial charge in [-0.3, -0.25) is 4.79 Å². The minimum atomic E-state index is -3.99. The van der Waals surface area contributed by atoms with Gasteiger partial charge in [-0.25, -0.2) is 13.8 Å². The van der Waals surface area contributed by atoms with Crippen molar-refractivity contribution >= 4 is 49.7 Å². The molecule has 1 amide bonds. The molecule has 0 aliphatic heterocycles. The first-order valence-electron chi connectivity index (χ1n) is 11.9. The molecule has 0 saturated heterocycles. The predicted molar refractivity (Wildman–Crippen MR) is 156 cm³/mol. The first-order valence-corrected chi connectivity index (χ1v) is 14.5. The lowest BCUT2D eigenvalue weighted by atomic mass is 10.2. The van der Waals surface area contributed by atoms with Crippen molar-refractivity contribution in [2.75, 3.05) is 6.54 Å². The molecule has 0 unspecified atom stereocenters. The van der Waals surface area contributed by atoms with Crippen molar-refractivity contribution in [2.24, 2.45) is 5.10 Å². The van der Waals surface area contributed by atoms with Gasteiger partial charge in [0.2, 0.25) is 10.0 Å². The van der Waals surface area contributed by atoms with Gasteiger partial charge in [-0.05, 0) is 59.7 Å². The molecule has 0 spiro atoms. The number of nitrogens with zero attached hydrogens (tertiary/aromatic N) is 2. The zero-order valence-electron chi connectivity index (χ0n) is 20.7. The number of amides is 1. The lowest BCUT2D eigenvalue weighted by molar-refractivity contribution is -0.121. The van der Waals surface area contributed by atoms with Crippen LogP contribution in [0.1, 0.15) is 16.7 Å². The van der Waals surface area contributed by atoms with Gasteiger partial charge < -0.3 is 4.74 Å². The summed E-state index contributed by atoms with van der Waals surface area (Å²) in [5.74, 6) is 0.00474. The van der Waals surface area contributed by atoms with Crippen LogP contribution in [0.4, 0.5) is 0 Å². The standard InChI is InChI=1S/C29H25BrClN3O4S/c30-25-12-16-27(17-13-25)39(36,37)34(19-22-10-14-26(31)15-11-22)20-29(35)33-32-18-24-8-4-5-9-28(24)38-21-23-6-2-1-3-7-23/h1-18H,19-21H2,(H,33,35)/b32-18-. The second kappa shape index (κ2) is 13.5. The van der Waals surface area contributed by atoms with Gasteiger partial charge in [-0.2, -0.15) is 9.41 Å². The Morgan fingerprint density at radius 2 is 1.56 bits per heavy atom. The number of halogens is 2. The molecule has 10 heteroatoms. The summed E-state index contributed by atoms with van der Waals surface area (Å²) in [6.07, 6.45) is 1.46. The number of hydrogen-bond acceptors (Lipinski definition) is 5. The van der Waals surface area contributed by atoms with Crippen molar-refractivity contribution in [1.82, 2.24) is 9.73 Å². The third-order valence-corrected chi connectivity index (χ3v) is 8.18. The van der Waals surface area contributed by atoms with E-state index < -0.39 is 22.5 Å². The van der Waals surface area contributed by atoms with Crippen LogP contribution in [-0.2, 0) is 28.0 Å². The van der Waals surface area contributed by atoms with Crippen LogP contribution in [0.25, 0.3) is 0 Å². The zero-order valence-corrected chi connectivity index (χ0v) is 23.9. The third-order valence-electron chi connectivity index (χ3n) is 5.59. The third kappa shape index (κ3) is 8.24. The maximum absolute atomic E-state index is 13.4. The van der Waals surface area contributed by atoms with Gasteiger partial charge in [0.15, 0.2) is 0 Å². The van der Waals surface area contributed by atoms with Crippen molar-refractivity contribution in [3.63, 3.8) is 0 Å². The first-order chi connectivity index (χ1) is 18.8. The van der Waals surface area contributed by atoms with Crippen molar-refractivity contribution in [1.29, 1.82) is 0 Å². The molecule has 4 rings (SSSR count). The molecule has 7 nitrogen and oxygen atoms in total. The van der Waals surface area contributed by atoms with Crippen LogP contribution in [0.3, 0.4) is 0 Å². The number of hydrogen-bond donors (Lipinski definition) is 1. The molecule has 0 aliphatic rings. The topological polar surface area (TPSA) is 88.1 Å². The highest BCUT2D eigenvalue weighted by Gasteiger charge is 2.27. The minimum absolute atomic E-state index is 0.0249. The fourth-order valence-corrected chi connectivity index (χ4v) is 5.37. The molecule has 0 aromatic heterocycles. The summed E-state index contributed by atoms with van der Waals surface area (Å²) in [7, 11) is -3.99. The Labute approximate surface area is 241 Å². The number of carbonyl (C=O) groups is 1. The van der Waals surface area contributed by atoms with E-state index >= 15 is 0 Å². The molecule has 4 aromatic carbocycles. The van der Waals surface area contributed by atoms with E-state index in [4.69, 9.17) is 16.3 Å². The quantitative estimate of drug-likeness (QED) is 0.163. The number of benzene rings is 4. The van der Waals surface area contributed by atoms with Crippen molar-refractivity contribution in [3.8, 4) is 5.75 Å². The second-order valence-electron chi connectivity index (χ2n) is 8.46. The van der Waals surface area contributed by atoms with Crippen molar-refractivity contribution in [3.05, 3.63) is 129 Å². The van der Waals surface area contributed by atoms with Crippen molar-refractivity contribution < 1.29 is 17.9 Å². The highest BCUT2D eigenvalue weighted by Crippen LogP contribution is 2.22. The van der Waals surface area contributed by atoms with E-state index in [1.54, 1.807) is 42.5 Å². The van der Waals surface area contributed by atoms with E-state index in [9.17, 15) is 13.2 Å². The molecule has 39 heavy (non-hydrogen) atoms. The van der Waals surface area contributed by atoms with E-state index in [2.05, 4.69) is 26.5 Å². The highest BCUT2D eigenvalue weighted by atomic mass is 79.9. The Morgan fingerprint density at radius 3 is 2.28 bits per heavy atom. The average molecular weight is 627 g/mol. The average Bonchev–Trinajstić information content (AvgIpc) is 2.94. The number of para-hydroxylation sites is 1. The van der Waals surface area contributed by atoms with Crippen LogP contribution in [0.5, 0.6) is 5.75 Å². The van der Waals surface area contributed by atoms with Crippen LogP contribution in [0.15, 0.2) is 118 Å². The van der Waals surface area contributed by atoms with Crippen LogP contribution in [0, 0.1) is 0 Å². The van der Waals surface area contributed by atoms with E-state index in [0.29, 0.717) is 28.5 Å². The van der Waals surface area contributed by atoms with Crippen LogP contribution in [0.2, 0.25) is 5.02 Å². The Morgan fingerprint density at radius 1 is 0.897 bits per heavy atom. The normalized spacial score (nSPS) is 11.6. The molecule has 0 saturated carbocycles. The molecule has 0 atom stereocenters. The van der Waals surface area contributed by atoms with Gasteiger partial charge in [0.05, 0.1) is 17.7 Å². The van der Waals surface area contributed by atoms with E-state index in [1.807, 2.05) is 48.5 Å². The van der Waals surface area contributed by atoms with Gasteiger partial charge in [0.25, 0.3) is 5.91 Å². The van der Waals surface area contributed by atoms with Gasteiger partial charge in [0, 0.05) is 21.6 Å². The summed E-state index contributed by atoms with van der Waals surface area (Å²) in [5.41, 5.74) is 4.79. The summed E-state index contributed by atoms with van der Waals surface area (Å²) >= 11 is 9.29. The summed E-state index contributed by atoms with van der Waals surface area (Å²) in [6, 6.07) is 30.1. The first kappa shape index (κ1) is 28.5. The number of ether oxygens (including phenoxy) is 1. The van der Waals surface area contributed by atoms with Gasteiger partial charge >= 0.3 is 0 Å². The van der Waals surface area contributed by atoms with Gasteiger partial charge in [0.1, 0.15) is 12.4 Å². The molecule has 0 radical (unpaired) electrons. The molecular weight excluding hydrogens is 602 g/mol. The molecule has 0 aliphatic carbocycles. The maximum Gasteiger partial charge on any atom is 0.255 e. The molecule has 0 heterocycles. The van der Waals surface area contributed by atoms with E-state index in [-0.39, 0.29) is 11.4 Å². The summed E-state index contributed by atoms with van der Waals surface area (Å²) in [6.45, 7) is -0.0843. The van der Waals surface area contributed by atoms with Crippen LogP contribution >= 0.6 is 27.5 Å². The predicted octanol–water partition coefficient (Wildman–Crippen LogP) is 6.02. The van der Waals surface area contributed by atoms with E-state index in [1.165, 1.54) is 18.3 Å². The number of carbonyl (C=O) groups excluding carboxylic acids is 1. The van der Waals surface area contributed by atoms with Gasteiger partial charge in [-0.1, -0.05) is 82.1 Å². The second-order valence-corrected chi connectivity index (χ2v) is 11.7.